The van der Waals surface area contributed by atoms with Crippen LogP contribution in [-0.2, 0) is 13.2 Å². The summed E-state index contributed by atoms with van der Waals surface area (Å²) < 4.78 is 23.6. The van der Waals surface area contributed by atoms with Gasteiger partial charge in [0, 0.05) is 17.5 Å². The maximum atomic E-state index is 11.3. The Morgan fingerprint density at radius 1 is 1.14 bits per heavy atom. The van der Waals surface area contributed by atoms with Crippen molar-refractivity contribution >= 4 is 17.6 Å². The number of benzene rings is 2. The van der Waals surface area contributed by atoms with Gasteiger partial charge in [0.2, 0.25) is 5.88 Å². The first-order valence-electron chi connectivity index (χ1n) is 11.5. The largest absolute Gasteiger partial charge is 0.483 e. The van der Waals surface area contributed by atoms with Crippen molar-refractivity contribution in [2.45, 2.75) is 38.9 Å². The molecular formula is C27H21ClN2O6. The molecule has 1 aliphatic heterocycles. The number of aromatic carboxylic acids is 1. The van der Waals surface area contributed by atoms with E-state index in [1.807, 2.05) is 25.1 Å². The molecule has 1 N–H and O–H groups in total. The topological polar surface area (TPSA) is 104 Å². The Bertz CT molecular complexity index is 1470. The maximum absolute atomic E-state index is 11.3. The monoisotopic (exact) mass is 504 g/mol. The molecule has 2 aromatic carbocycles. The molecule has 3 heterocycles. The van der Waals surface area contributed by atoms with E-state index in [9.17, 15) is 9.90 Å². The predicted octanol–water partition coefficient (Wildman–Crippen LogP) is 6.54. The molecule has 36 heavy (non-hydrogen) atoms. The lowest BCUT2D eigenvalue weighted by molar-refractivity contribution is 0.0696. The summed E-state index contributed by atoms with van der Waals surface area (Å²) in [6, 6.07) is 13.6. The van der Waals surface area contributed by atoms with Crippen LogP contribution in [0.15, 0.2) is 53.1 Å². The van der Waals surface area contributed by atoms with Crippen molar-refractivity contribution < 1.29 is 28.6 Å². The third-order valence-electron chi connectivity index (χ3n) is 6.27. The van der Waals surface area contributed by atoms with Crippen LogP contribution in [0.4, 0.5) is 0 Å². The van der Waals surface area contributed by atoms with Crippen molar-refractivity contribution in [3.05, 3.63) is 81.7 Å². The number of rotatable bonds is 6. The molecule has 1 saturated carbocycles. The van der Waals surface area contributed by atoms with Crippen LogP contribution >= 0.6 is 11.6 Å². The third kappa shape index (κ3) is 4.13. The van der Waals surface area contributed by atoms with E-state index in [2.05, 4.69) is 10.1 Å². The Morgan fingerprint density at radius 3 is 2.75 bits per heavy atom. The van der Waals surface area contributed by atoms with Crippen molar-refractivity contribution in [2.75, 3.05) is 0 Å². The molecule has 1 fully saturated rings. The van der Waals surface area contributed by atoms with Gasteiger partial charge in [-0.3, -0.25) is 0 Å². The van der Waals surface area contributed by atoms with Crippen LogP contribution in [0.3, 0.4) is 0 Å². The standard InChI is InChI=1S/C27H21ClN2O6/c1-14-3-2-4-18(28)24(14)25-17(26(36-30-25)15-5-6-15)12-34-23-10-9-20-19(29-23)13-33-21-8-7-16(27(31)32)11-22(21)35-20/h2-4,7-11,15H,5-6,12-13H2,1H3,(H,31,32). The van der Waals surface area contributed by atoms with Gasteiger partial charge in [0.1, 0.15) is 30.4 Å². The number of carboxylic acid groups (broad SMARTS) is 1. The van der Waals surface area contributed by atoms with Gasteiger partial charge in [-0.15, -0.1) is 0 Å². The van der Waals surface area contributed by atoms with Crippen LogP contribution in [0.2, 0.25) is 5.02 Å². The van der Waals surface area contributed by atoms with Crippen LogP contribution in [0.5, 0.6) is 23.1 Å². The SMILES string of the molecule is Cc1cccc(Cl)c1-c1noc(C2CC2)c1COc1ccc2c(n1)COc1ccc(C(=O)O)cc1O2. The fraction of sp³-hybridized carbons (Fsp3) is 0.222. The number of nitrogens with zero attached hydrogens (tertiary/aromatic N) is 2. The molecule has 0 spiro atoms. The average Bonchev–Trinajstić information content (AvgIpc) is 3.65. The summed E-state index contributed by atoms with van der Waals surface area (Å²) in [6.07, 6.45) is 2.11. The Morgan fingerprint density at radius 2 is 1.97 bits per heavy atom. The first kappa shape index (κ1) is 22.4. The van der Waals surface area contributed by atoms with Gasteiger partial charge >= 0.3 is 5.97 Å². The zero-order valence-electron chi connectivity index (χ0n) is 19.3. The second kappa shape index (κ2) is 8.87. The molecule has 182 valence electrons. The zero-order chi connectivity index (χ0) is 24.8. The highest BCUT2D eigenvalue weighted by Gasteiger charge is 2.33. The van der Waals surface area contributed by atoms with Crippen molar-refractivity contribution in [1.29, 1.82) is 0 Å². The van der Waals surface area contributed by atoms with Gasteiger partial charge in [-0.05, 0) is 55.7 Å². The van der Waals surface area contributed by atoms with E-state index in [0.717, 1.165) is 35.3 Å². The number of hydrogen-bond donors (Lipinski definition) is 1. The number of ether oxygens (including phenoxy) is 3. The lowest BCUT2D eigenvalue weighted by Gasteiger charge is -2.11. The minimum atomic E-state index is -1.04. The minimum absolute atomic E-state index is 0.110. The number of pyridine rings is 1. The van der Waals surface area contributed by atoms with E-state index in [-0.39, 0.29) is 18.8 Å². The molecule has 8 nitrogen and oxygen atoms in total. The summed E-state index contributed by atoms with van der Waals surface area (Å²) in [4.78, 5) is 15.9. The first-order chi connectivity index (χ1) is 17.5. The molecule has 0 amide bonds. The Balaban J connectivity index is 1.27. The Hall–Kier alpha value is -4.04. The van der Waals surface area contributed by atoms with Crippen molar-refractivity contribution in [2.24, 2.45) is 0 Å². The Labute approximate surface area is 211 Å². The average molecular weight is 505 g/mol. The minimum Gasteiger partial charge on any atom is -0.483 e. The molecule has 0 saturated heterocycles. The quantitative estimate of drug-likeness (QED) is 0.315. The molecule has 2 aliphatic rings. The summed E-state index contributed by atoms with van der Waals surface area (Å²) in [6.45, 7) is 2.35. The van der Waals surface area contributed by atoms with E-state index >= 15 is 0 Å². The molecular weight excluding hydrogens is 484 g/mol. The summed E-state index contributed by atoms with van der Waals surface area (Å²) in [5.41, 5.74) is 4.04. The molecule has 9 heteroatoms. The predicted molar refractivity (Wildman–Crippen MR) is 130 cm³/mol. The van der Waals surface area contributed by atoms with E-state index in [1.165, 1.54) is 12.1 Å². The summed E-state index contributed by atoms with van der Waals surface area (Å²) in [7, 11) is 0. The molecule has 6 rings (SSSR count). The van der Waals surface area contributed by atoms with E-state index in [0.29, 0.717) is 45.5 Å². The first-order valence-corrected chi connectivity index (χ1v) is 11.9. The summed E-state index contributed by atoms with van der Waals surface area (Å²) in [5.74, 6) is 1.75. The van der Waals surface area contributed by atoms with Gasteiger partial charge in [-0.1, -0.05) is 28.9 Å². The summed E-state index contributed by atoms with van der Waals surface area (Å²) >= 11 is 6.52. The van der Waals surface area contributed by atoms with Gasteiger partial charge in [0.15, 0.2) is 17.2 Å². The van der Waals surface area contributed by atoms with Gasteiger partial charge in [0.05, 0.1) is 16.1 Å². The number of aromatic nitrogens is 2. The Kier molecular flexibility index (Phi) is 5.53. The van der Waals surface area contributed by atoms with Gasteiger partial charge in [-0.25, -0.2) is 9.78 Å². The fourth-order valence-electron chi connectivity index (χ4n) is 4.25. The van der Waals surface area contributed by atoms with E-state index in [1.54, 1.807) is 18.2 Å². The van der Waals surface area contributed by atoms with Gasteiger partial charge in [-0.2, -0.15) is 0 Å². The summed E-state index contributed by atoms with van der Waals surface area (Å²) in [5, 5.41) is 14.2. The number of fused-ring (bicyclic) bond motifs is 2. The fourth-order valence-corrected chi connectivity index (χ4v) is 4.56. The van der Waals surface area contributed by atoms with Crippen LogP contribution in [0, 0.1) is 6.92 Å². The second-order valence-electron chi connectivity index (χ2n) is 8.82. The van der Waals surface area contributed by atoms with Crippen molar-refractivity contribution in [3.8, 4) is 34.4 Å². The van der Waals surface area contributed by atoms with Crippen molar-refractivity contribution in [3.63, 3.8) is 0 Å². The number of aryl methyl sites for hydroxylation is 1. The molecule has 1 aliphatic carbocycles. The number of halogens is 1. The highest BCUT2D eigenvalue weighted by atomic mass is 35.5. The highest BCUT2D eigenvalue weighted by molar-refractivity contribution is 6.33. The lowest BCUT2D eigenvalue weighted by Crippen LogP contribution is -2.04. The number of hydrogen-bond acceptors (Lipinski definition) is 7. The van der Waals surface area contributed by atoms with Gasteiger partial charge in [0.25, 0.3) is 0 Å². The zero-order valence-corrected chi connectivity index (χ0v) is 20.0. The van der Waals surface area contributed by atoms with E-state index in [4.69, 9.17) is 30.3 Å². The van der Waals surface area contributed by atoms with Crippen molar-refractivity contribution in [1.82, 2.24) is 10.1 Å². The maximum Gasteiger partial charge on any atom is 0.335 e. The molecule has 2 aromatic heterocycles. The third-order valence-corrected chi connectivity index (χ3v) is 6.59. The van der Waals surface area contributed by atoms with Crippen LogP contribution in [0.1, 0.15) is 51.7 Å². The van der Waals surface area contributed by atoms with Crippen LogP contribution in [0.25, 0.3) is 11.3 Å². The second-order valence-corrected chi connectivity index (χ2v) is 9.23. The number of carbonyl (C=O) groups is 1. The highest BCUT2D eigenvalue weighted by Crippen LogP contribution is 2.45. The molecule has 0 radical (unpaired) electrons. The normalized spacial score (nSPS) is 14.2. The number of carboxylic acids is 1. The smallest absolute Gasteiger partial charge is 0.335 e. The van der Waals surface area contributed by atoms with Gasteiger partial charge < -0.3 is 23.8 Å². The molecule has 0 bridgehead atoms. The van der Waals surface area contributed by atoms with E-state index < -0.39 is 5.97 Å². The molecule has 0 atom stereocenters. The lowest BCUT2D eigenvalue weighted by atomic mass is 10.0. The molecule has 0 unspecified atom stereocenters. The van der Waals surface area contributed by atoms with Crippen LogP contribution < -0.4 is 14.2 Å². The van der Waals surface area contributed by atoms with Crippen LogP contribution in [-0.4, -0.2) is 21.2 Å². The molecule has 4 aromatic rings.